The summed E-state index contributed by atoms with van der Waals surface area (Å²) in [7, 11) is 0. The van der Waals surface area contributed by atoms with Crippen LogP contribution in [-0.2, 0) is 0 Å². The minimum Gasteiger partial charge on any atom is -0.208 e. The van der Waals surface area contributed by atoms with Crippen LogP contribution in [0.2, 0.25) is 0 Å². The third-order valence-electron chi connectivity index (χ3n) is 9.29. The summed E-state index contributed by atoms with van der Waals surface area (Å²) < 4.78 is 0. The van der Waals surface area contributed by atoms with E-state index in [2.05, 4.69) is 127 Å². The predicted octanol–water partition coefficient (Wildman–Crippen LogP) is 12.2. The van der Waals surface area contributed by atoms with Crippen molar-refractivity contribution in [1.29, 1.82) is 0 Å². The standard InChI is InChI=1S/C47H31N3/c1-3-14-34(15-4-1)45-48-46(35-16-5-2-6-17-35)50-47(49-45)42-21-11-20-40(30-42)44-31-39(38-24-22-32-12-7-9-18-36(32)28-38)26-27-43(44)41-25-23-33-13-8-10-19-37(33)29-41/h1-31H. The third-order valence-corrected chi connectivity index (χ3v) is 9.29. The van der Waals surface area contributed by atoms with Crippen LogP contribution >= 0.6 is 0 Å². The third kappa shape index (κ3) is 5.72. The lowest BCUT2D eigenvalue weighted by Gasteiger charge is -2.15. The van der Waals surface area contributed by atoms with E-state index in [9.17, 15) is 0 Å². The van der Waals surface area contributed by atoms with Crippen molar-refractivity contribution in [2.45, 2.75) is 0 Å². The molecule has 0 N–H and O–H groups in total. The SMILES string of the molecule is c1ccc(-c2nc(-c3ccccc3)nc(-c3cccc(-c4cc(-c5ccc6ccccc6c5)ccc4-c4ccc5ccccc5c4)c3)n2)cc1. The molecule has 3 heteroatoms. The minimum atomic E-state index is 0.637. The Hall–Kier alpha value is -6.71. The Kier molecular flexibility index (Phi) is 7.49. The van der Waals surface area contributed by atoms with E-state index in [0.29, 0.717) is 17.5 Å². The molecule has 3 nitrogen and oxygen atoms in total. The van der Waals surface area contributed by atoms with Gasteiger partial charge in [-0.05, 0) is 79.2 Å². The number of hydrogen-bond acceptors (Lipinski definition) is 3. The monoisotopic (exact) mass is 637 g/mol. The van der Waals surface area contributed by atoms with Gasteiger partial charge in [-0.15, -0.1) is 0 Å². The van der Waals surface area contributed by atoms with Crippen molar-refractivity contribution in [3.8, 4) is 67.5 Å². The summed E-state index contributed by atoms with van der Waals surface area (Å²) in [5.74, 6) is 1.93. The lowest BCUT2D eigenvalue weighted by molar-refractivity contribution is 1.07. The summed E-state index contributed by atoms with van der Waals surface area (Å²) in [6.45, 7) is 0. The quantitative estimate of drug-likeness (QED) is 0.182. The predicted molar refractivity (Wildman–Crippen MR) is 207 cm³/mol. The molecule has 0 radical (unpaired) electrons. The van der Waals surface area contributed by atoms with E-state index in [1.54, 1.807) is 0 Å². The molecule has 0 atom stereocenters. The molecule has 0 saturated heterocycles. The van der Waals surface area contributed by atoms with Crippen LogP contribution in [0.5, 0.6) is 0 Å². The first-order valence-corrected chi connectivity index (χ1v) is 16.9. The Bertz CT molecular complexity index is 2590. The molecule has 234 valence electrons. The van der Waals surface area contributed by atoms with Gasteiger partial charge >= 0.3 is 0 Å². The molecule has 9 rings (SSSR count). The Labute approximate surface area is 291 Å². The van der Waals surface area contributed by atoms with E-state index in [4.69, 9.17) is 15.0 Å². The maximum Gasteiger partial charge on any atom is 0.164 e. The van der Waals surface area contributed by atoms with Gasteiger partial charge in [0.05, 0.1) is 0 Å². The first kappa shape index (κ1) is 29.4. The summed E-state index contributed by atoms with van der Waals surface area (Å²) in [6, 6.07) is 66.1. The van der Waals surface area contributed by atoms with Gasteiger partial charge < -0.3 is 0 Å². The summed E-state index contributed by atoms with van der Waals surface area (Å²) >= 11 is 0. The Morgan fingerprint density at radius 2 is 0.640 bits per heavy atom. The lowest BCUT2D eigenvalue weighted by atomic mass is 9.89. The molecule has 0 aliphatic carbocycles. The topological polar surface area (TPSA) is 38.7 Å². The van der Waals surface area contributed by atoms with E-state index < -0.39 is 0 Å². The summed E-state index contributed by atoms with van der Waals surface area (Å²) in [5, 5.41) is 4.91. The smallest absolute Gasteiger partial charge is 0.164 e. The van der Waals surface area contributed by atoms with Crippen LogP contribution in [0.25, 0.3) is 89.1 Å². The van der Waals surface area contributed by atoms with Crippen molar-refractivity contribution in [1.82, 2.24) is 15.0 Å². The van der Waals surface area contributed by atoms with E-state index >= 15 is 0 Å². The van der Waals surface area contributed by atoms with Crippen molar-refractivity contribution in [3.63, 3.8) is 0 Å². The Morgan fingerprint density at radius 1 is 0.220 bits per heavy atom. The van der Waals surface area contributed by atoms with Gasteiger partial charge in [0.15, 0.2) is 17.5 Å². The number of nitrogens with zero attached hydrogens (tertiary/aromatic N) is 3. The molecule has 0 spiro atoms. The fourth-order valence-corrected chi connectivity index (χ4v) is 6.70. The molecule has 50 heavy (non-hydrogen) atoms. The molecule has 8 aromatic carbocycles. The Balaban J connectivity index is 1.22. The number of aromatic nitrogens is 3. The van der Waals surface area contributed by atoms with Crippen molar-refractivity contribution in [2.75, 3.05) is 0 Å². The van der Waals surface area contributed by atoms with Gasteiger partial charge in [-0.25, -0.2) is 15.0 Å². The van der Waals surface area contributed by atoms with Crippen LogP contribution in [0.15, 0.2) is 188 Å². The summed E-state index contributed by atoms with van der Waals surface area (Å²) in [4.78, 5) is 14.9. The molecule has 1 aromatic heterocycles. The first-order chi connectivity index (χ1) is 24.7. The normalized spacial score (nSPS) is 11.2. The highest BCUT2D eigenvalue weighted by atomic mass is 15.0. The molecule has 9 aromatic rings. The maximum absolute atomic E-state index is 5.02. The molecule has 0 fully saturated rings. The van der Waals surface area contributed by atoms with Crippen molar-refractivity contribution >= 4 is 21.5 Å². The summed E-state index contributed by atoms with van der Waals surface area (Å²) in [6.07, 6.45) is 0. The fraction of sp³-hybridized carbons (Fsp3) is 0. The van der Waals surface area contributed by atoms with Gasteiger partial charge in [-0.3, -0.25) is 0 Å². The van der Waals surface area contributed by atoms with Crippen molar-refractivity contribution in [2.24, 2.45) is 0 Å². The summed E-state index contributed by atoms with van der Waals surface area (Å²) in [5.41, 5.74) is 9.76. The van der Waals surface area contributed by atoms with Crippen LogP contribution in [0.1, 0.15) is 0 Å². The van der Waals surface area contributed by atoms with Crippen LogP contribution in [0.3, 0.4) is 0 Å². The zero-order chi connectivity index (χ0) is 33.3. The molecule has 0 aliphatic rings. The van der Waals surface area contributed by atoms with Gasteiger partial charge in [0.2, 0.25) is 0 Å². The van der Waals surface area contributed by atoms with E-state index in [-0.39, 0.29) is 0 Å². The van der Waals surface area contributed by atoms with Crippen molar-refractivity contribution in [3.05, 3.63) is 188 Å². The highest BCUT2D eigenvalue weighted by Gasteiger charge is 2.15. The molecule has 0 amide bonds. The molecule has 0 saturated carbocycles. The van der Waals surface area contributed by atoms with Crippen molar-refractivity contribution < 1.29 is 0 Å². The fourth-order valence-electron chi connectivity index (χ4n) is 6.70. The second-order valence-electron chi connectivity index (χ2n) is 12.5. The highest BCUT2D eigenvalue weighted by Crippen LogP contribution is 2.39. The molecule has 1 heterocycles. The Morgan fingerprint density at radius 3 is 1.26 bits per heavy atom. The molecule has 0 bridgehead atoms. The van der Waals surface area contributed by atoms with Gasteiger partial charge in [0.25, 0.3) is 0 Å². The number of rotatable bonds is 6. The number of hydrogen-bond donors (Lipinski definition) is 0. The molecular formula is C47H31N3. The van der Waals surface area contributed by atoms with E-state index in [0.717, 1.165) is 27.8 Å². The molecular weight excluding hydrogens is 607 g/mol. The van der Waals surface area contributed by atoms with Crippen LogP contribution in [-0.4, -0.2) is 15.0 Å². The minimum absolute atomic E-state index is 0.637. The highest BCUT2D eigenvalue weighted by molar-refractivity contribution is 5.94. The van der Waals surface area contributed by atoms with Crippen LogP contribution in [0, 0.1) is 0 Å². The maximum atomic E-state index is 5.02. The molecule has 0 aliphatic heterocycles. The largest absolute Gasteiger partial charge is 0.208 e. The van der Waals surface area contributed by atoms with E-state index in [1.165, 1.54) is 43.8 Å². The van der Waals surface area contributed by atoms with Gasteiger partial charge in [-0.1, -0.05) is 164 Å². The second kappa shape index (κ2) is 12.7. The van der Waals surface area contributed by atoms with E-state index in [1.807, 2.05) is 60.7 Å². The lowest BCUT2D eigenvalue weighted by Crippen LogP contribution is -2.00. The van der Waals surface area contributed by atoms with Crippen LogP contribution in [0.4, 0.5) is 0 Å². The second-order valence-corrected chi connectivity index (χ2v) is 12.5. The zero-order valence-corrected chi connectivity index (χ0v) is 27.2. The van der Waals surface area contributed by atoms with Gasteiger partial charge in [0, 0.05) is 16.7 Å². The average molecular weight is 638 g/mol. The first-order valence-electron chi connectivity index (χ1n) is 16.9. The zero-order valence-electron chi connectivity index (χ0n) is 27.2. The average Bonchev–Trinajstić information content (AvgIpc) is 3.21. The van der Waals surface area contributed by atoms with Gasteiger partial charge in [0.1, 0.15) is 0 Å². The molecule has 0 unspecified atom stereocenters. The van der Waals surface area contributed by atoms with Crippen LogP contribution < -0.4 is 0 Å². The van der Waals surface area contributed by atoms with Gasteiger partial charge in [-0.2, -0.15) is 0 Å². The number of fused-ring (bicyclic) bond motifs is 2. The number of benzene rings is 8.